The number of benzene rings is 1. The average Bonchev–Trinajstić information content (AvgIpc) is 2.53. The van der Waals surface area contributed by atoms with Gasteiger partial charge in [-0.3, -0.25) is 9.68 Å². The van der Waals surface area contributed by atoms with Gasteiger partial charge in [-0.15, -0.1) is 19.7 Å². The Morgan fingerprint density at radius 3 is 1.91 bits per heavy atom. The van der Waals surface area contributed by atoms with E-state index in [1.54, 1.807) is 42.5 Å². The van der Waals surface area contributed by atoms with Crippen LogP contribution < -0.4 is 4.89 Å². The summed E-state index contributed by atoms with van der Waals surface area (Å²) >= 11 is 0. The van der Waals surface area contributed by atoms with E-state index in [0.29, 0.717) is 30.6 Å². The van der Waals surface area contributed by atoms with Crippen LogP contribution in [0.4, 0.5) is 0 Å². The maximum Gasteiger partial charge on any atom is 0.362 e. The Morgan fingerprint density at radius 1 is 1.00 bits per heavy atom. The smallest absolute Gasteiger partial charge is 0.298 e. The highest BCUT2D eigenvalue weighted by molar-refractivity contribution is 5.77. The second kappa shape index (κ2) is 8.62. The summed E-state index contributed by atoms with van der Waals surface area (Å²) in [4.78, 5) is 33.0. The van der Waals surface area contributed by atoms with E-state index in [0.717, 1.165) is 6.29 Å². The van der Waals surface area contributed by atoms with Crippen LogP contribution in [0.3, 0.4) is 0 Å². The van der Waals surface area contributed by atoms with E-state index in [2.05, 4.69) is 19.7 Å². The van der Waals surface area contributed by atoms with Crippen LogP contribution in [-0.2, 0) is 9.68 Å². The van der Waals surface area contributed by atoms with E-state index in [4.69, 9.17) is 9.78 Å². The van der Waals surface area contributed by atoms with Gasteiger partial charge in [0.2, 0.25) is 0 Å². The molecule has 0 saturated carbocycles. The number of carbonyl (C=O) groups is 2. The maximum atomic E-state index is 12.4. The predicted octanol–water partition coefficient (Wildman–Crippen LogP) is 4.05. The molecular formula is C18H20O4. The number of carbonyl (C=O) groups excluding carboxylic acids is 2. The molecule has 4 heteroatoms. The monoisotopic (exact) mass is 300 g/mol. The lowest BCUT2D eigenvalue weighted by molar-refractivity contribution is -0.225. The van der Waals surface area contributed by atoms with Crippen molar-refractivity contribution in [2.45, 2.75) is 19.3 Å². The highest BCUT2D eigenvalue weighted by atomic mass is 17.2. The van der Waals surface area contributed by atoms with E-state index in [1.165, 1.54) is 0 Å². The molecule has 0 aliphatic heterocycles. The van der Waals surface area contributed by atoms with E-state index in [-0.39, 0.29) is 0 Å². The first kappa shape index (κ1) is 17.4. The van der Waals surface area contributed by atoms with E-state index < -0.39 is 11.4 Å². The van der Waals surface area contributed by atoms with Gasteiger partial charge in [0.1, 0.15) is 6.29 Å². The maximum absolute atomic E-state index is 12.4. The first-order valence-corrected chi connectivity index (χ1v) is 6.88. The van der Waals surface area contributed by atoms with Crippen molar-refractivity contribution >= 4 is 12.3 Å². The van der Waals surface area contributed by atoms with Crippen LogP contribution in [-0.4, -0.2) is 12.3 Å². The summed E-state index contributed by atoms with van der Waals surface area (Å²) in [7, 11) is 0. The Balaban J connectivity index is 2.80. The fraction of sp³-hybridized carbons (Fsp3) is 0.222. The van der Waals surface area contributed by atoms with Gasteiger partial charge in [-0.1, -0.05) is 18.2 Å². The molecule has 1 aromatic rings. The van der Waals surface area contributed by atoms with Crippen LogP contribution in [0.2, 0.25) is 0 Å². The molecule has 116 valence electrons. The molecule has 0 heterocycles. The zero-order valence-corrected chi connectivity index (χ0v) is 12.5. The molecule has 0 atom stereocenters. The SMILES string of the molecule is C=CCC(CC=C)(CC=C)C(=O)OOc1ccc(C=O)cc1. The van der Waals surface area contributed by atoms with E-state index >= 15 is 0 Å². The zero-order valence-electron chi connectivity index (χ0n) is 12.5. The largest absolute Gasteiger partial charge is 0.362 e. The fourth-order valence-corrected chi connectivity index (χ4v) is 2.11. The number of hydrogen-bond donors (Lipinski definition) is 0. The Hall–Kier alpha value is -2.62. The Kier molecular flexibility index (Phi) is 6.83. The van der Waals surface area contributed by atoms with Gasteiger partial charge < -0.3 is 0 Å². The van der Waals surface area contributed by atoms with E-state index in [9.17, 15) is 9.59 Å². The van der Waals surface area contributed by atoms with Gasteiger partial charge in [0, 0.05) is 5.56 Å². The summed E-state index contributed by atoms with van der Waals surface area (Å²) in [6, 6.07) is 6.24. The van der Waals surface area contributed by atoms with Crippen molar-refractivity contribution in [2.75, 3.05) is 0 Å². The highest BCUT2D eigenvalue weighted by Crippen LogP contribution is 2.34. The Labute approximate surface area is 130 Å². The zero-order chi connectivity index (χ0) is 16.4. The van der Waals surface area contributed by atoms with Crippen LogP contribution in [0.1, 0.15) is 29.6 Å². The standard InChI is InChI=1S/C18H20O4/c1-4-11-18(12-5-2,13-6-3)17(20)22-21-16-9-7-15(14-19)8-10-16/h4-10,14H,1-3,11-13H2. The van der Waals surface area contributed by atoms with Crippen molar-refractivity contribution in [1.82, 2.24) is 0 Å². The molecule has 0 fully saturated rings. The van der Waals surface area contributed by atoms with Crippen LogP contribution >= 0.6 is 0 Å². The predicted molar refractivity (Wildman–Crippen MR) is 85.4 cm³/mol. The van der Waals surface area contributed by atoms with Gasteiger partial charge in [0.15, 0.2) is 5.75 Å². The summed E-state index contributed by atoms with van der Waals surface area (Å²) in [5.74, 6) is -0.171. The minimum Gasteiger partial charge on any atom is -0.298 e. The number of rotatable bonds is 10. The summed E-state index contributed by atoms with van der Waals surface area (Å²) in [6.45, 7) is 11.0. The van der Waals surface area contributed by atoms with Gasteiger partial charge in [0.25, 0.3) is 0 Å². The van der Waals surface area contributed by atoms with Crippen LogP contribution in [0, 0.1) is 5.41 Å². The molecule has 22 heavy (non-hydrogen) atoms. The van der Waals surface area contributed by atoms with Crippen LogP contribution in [0.5, 0.6) is 5.75 Å². The third-order valence-corrected chi connectivity index (χ3v) is 3.27. The van der Waals surface area contributed by atoms with Crippen molar-refractivity contribution in [3.8, 4) is 5.75 Å². The van der Waals surface area contributed by atoms with Crippen molar-refractivity contribution in [1.29, 1.82) is 0 Å². The highest BCUT2D eigenvalue weighted by Gasteiger charge is 2.38. The molecule has 1 rings (SSSR count). The molecule has 4 nitrogen and oxygen atoms in total. The summed E-state index contributed by atoms with van der Waals surface area (Å²) in [5.41, 5.74) is -0.299. The molecule has 0 N–H and O–H groups in total. The van der Waals surface area contributed by atoms with Crippen molar-refractivity contribution in [3.05, 3.63) is 67.8 Å². The first-order valence-electron chi connectivity index (χ1n) is 6.88. The van der Waals surface area contributed by atoms with Crippen LogP contribution in [0.25, 0.3) is 0 Å². The number of hydrogen-bond acceptors (Lipinski definition) is 4. The molecule has 0 aromatic heterocycles. The minimum absolute atomic E-state index is 0.337. The molecule has 1 aromatic carbocycles. The molecule has 0 aliphatic carbocycles. The van der Waals surface area contributed by atoms with Crippen LogP contribution in [0.15, 0.2) is 62.2 Å². The second-order valence-electron chi connectivity index (χ2n) is 4.90. The van der Waals surface area contributed by atoms with Gasteiger partial charge in [-0.2, -0.15) is 0 Å². The van der Waals surface area contributed by atoms with Gasteiger partial charge in [-0.05, 0) is 43.5 Å². The molecule has 0 radical (unpaired) electrons. The summed E-state index contributed by atoms with van der Waals surface area (Å²) < 4.78 is 0. The van der Waals surface area contributed by atoms with Gasteiger partial charge >= 0.3 is 5.97 Å². The summed E-state index contributed by atoms with van der Waals surface area (Å²) in [6.07, 6.45) is 6.98. The average molecular weight is 300 g/mol. The molecule has 0 aliphatic rings. The van der Waals surface area contributed by atoms with Crippen molar-refractivity contribution < 1.29 is 19.4 Å². The first-order chi connectivity index (χ1) is 10.6. The lowest BCUT2D eigenvalue weighted by Gasteiger charge is -2.27. The Bertz CT molecular complexity index is 516. The second-order valence-corrected chi connectivity index (χ2v) is 4.90. The topological polar surface area (TPSA) is 52.6 Å². The third kappa shape index (κ3) is 4.45. The van der Waals surface area contributed by atoms with Crippen molar-refractivity contribution in [3.63, 3.8) is 0 Å². The lowest BCUT2D eigenvalue weighted by Crippen LogP contribution is -2.32. The lowest BCUT2D eigenvalue weighted by atomic mass is 9.78. The molecule has 0 spiro atoms. The molecule has 0 unspecified atom stereocenters. The van der Waals surface area contributed by atoms with E-state index in [1.807, 2.05) is 0 Å². The third-order valence-electron chi connectivity index (χ3n) is 3.27. The molecule has 0 amide bonds. The number of allylic oxidation sites excluding steroid dienone is 3. The fourth-order valence-electron chi connectivity index (χ4n) is 2.11. The minimum atomic E-state index is -0.812. The normalized spacial score (nSPS) is 10.4. The number of aldehydes is 1. The summed E-state index contributed by atoms with van der Waals surface area (Å²) in [5, 5.41) is 0. The van der Waals surface area contributed by atoms with Gasteiger partial charge in [0.05, 0.1) is 5.41 Å². The van der Waals surface area contributed by atoms with Crippen molar-refractivity contribution in [2.24, 2.45) is 5.41 Å². The molecule has 0 saturated heterocycles. The molecular weight excluding hydrogens is 280 g/mol. The molecule has 0 bridgehead atoms. The Morgan fingerprint density at radius 2 is 1.50 bits per heavy atom. The van der Waals surface area contributed by atoms with Gasteiger partial charge in [-0.25, -0.2) is 9.68 Å². The quantitative estimate of drug-likeness (QED) is 0.283.